The van der Waals surface area contributed by atoms with Crippen molar-refractivity contribution in [2.24, 2.45) is 0 Å². The molecule has 1 aromatic heterocycles. The molecule has 3 rings (SSSR count). The Kier molecular flexibility index (Phi) is 4.83. The molecule has 0 amide bonds. The van der Waals surface area contributed by atoms with Crippen molar-refractivity contribution in [1.82, 2.24) is 5.32 Å². The Hall–Kier alpha value is -2.37. The molecule has 126 valence electrons. The molecule has 5 nitrogen and oxygen atoms in total. The number of aliphatic hydroxyl groups is 1. The van der Waals surface area contributed by atoms with Crippen LogP contribution in [0.2, 0.25) is 0 Å². The zero-order valence-corrected chi connectivity index (χ0v) is 13.8. The van der Waals surface area contributed by atoms with E-state index >= 15 is 0 Å². The highest BCUT2D eigenvalue weighted by atomic mass is 16.5. The summed E-state index contributed by atoms with van der Waals surface area (Å²) >= 11 is 0. The van der Waals surface area contributed by atoms with Gasteiger partial charge in [0.1, 0.15) is 29.6 Å². The number of hydrogen-bond acceptors (Lipinski definition) is 5. The van der Waals surface area contributed by atoms with Crippen LogP contribution in [-0.4, -0.2) is 30.4 Å². The normalized spacial score (nSPS) is 12.8. The molecule has 5 heteroatoms. The summed E-state index contributed by atoms with van der Waals surface area (Å²) in [6, 6.07) is 12.6. The predicted octanol–water partition coefficient (Wildman–Crippen LogP) is 2.68. The second-order valence-corrected chi connectivity index (χ2v) is 6.11. The molecular weight excluding hydrogens is 306 g/mol. The van der Waals surface area contributed by atoms with Crippen LogP contribution in [0.25, 0.3) is 21.9 Å². The van der Waals surface area contributed by atoms with Crippen molar-refractivity contribution in [3.8, 4) is 5.75 Å². The Balaban J connectivity index is 1.82. The number of para-hydroxylation sites is 1. The van der Waals surface area contributed by atoms with Gasteiger partial charge in [-0.05, 0) is 30.3 Å². The van der Waals surface area contributed by atoms with E-state index in [4.69, 9.17) is 9.15 Å². The van der Waals surface area contributed by atoms with Gasteiger partial charge in [0.15, 0.2) is 0 Å². The molecule has 0 fully saturated rings. The van der Waals surface area contributed by atoms with Gasteiger partial charge < -0.3 is 19.6 Å². The first-order valence-corrected chi connectivity index (χ1v) is 8.04. The summed E-state index contributed by atoms with van der Waals surface area (Å²) in [6.45, 7) is 4.64. The fourth-order valence-electron chi connectivity index (χ4n) is 2.50. The van der Waals surface area contributed by atoms with E-state index in [0.717, 1.165) is 0 Å². The third-order valence-electron chi connectivity index (χ3n) is 3.75. The van der Waals surface area contributed by atoms with Crippen LogP contribution in [0.3, 0.4) is 0 Å². The molecule has 0 spiro atoms. The molecule has 2 aromatic carbocycles. The standard InChI is InChI=1S/C19H21NO4/c1-12(2)20-10-13(21)11-23-14-7-8-18-16(9-14)19(22)15-5-3-4-6-17(15)24-18/h3-9,12-13,20-21H,10-11H2,1-2H3/t13-/m0/s1. The lowest BCUT2D eigenvalue weighted by atomic mass is 10.1. The molecule has 0 aliphatic carbocycles. The predicted molar refractivity (Wildman–Crippen MR) is 94.6 cm³/mol. The third-order valence-corrected chi connectivity index (χ3v) is 3.75. The SMILES string of the molecule is CC(C)NC[C@H](O)COc1ccc2oc3ccccc3c(=O)c2c1. The zero-order chi connectivity index (χ0) is 17.1. The Bertz CT molecular complexity index is 901. The van der Waals surface area contributed by atoms with Gasteiger partial charge in [0, 0.05) is 12.6 Å². The topological polar surface area (TPSA) is 71.7 Å². The Morgan fingerprint density at radius 2 is 1.88 bits per heavy atom. The average molecular weight is 327 g/mol. The van der Waals surface area contributed by atoms with Crippen LogP contribution < -0.4 is 15.5 Å². The summed E-state index contributed by atoms with van der Waals surface area (Å²) < 4.78 is 11.4. The molecule has 0 bridgehead atoms. The van der Waals surface area contributed by atoms with Crippen LogP contribution in [0.15, 0.2) is 51.7 Å². The third kappa shape index (κ3) is 3.58. The van der Waals surface area contributed by atoms with Crippen LogP contribution in [0, 0.1) is 0 Å². The van der Waals surface area contributed by atoms with Gasteiger partial charge in [-0.15, -0.1) is 0 Å². The van der Waals surface area contributed by atoms with Crippen molar-refractivity contribution in [3.63, 3.8) is 0 Å². The molecule has 1 atom stereocenters. The minimum absolute atomic E-state index is 0.0840. The molecule has 1 heterocycles. The molecule has 2 N–H and O–H groups in total. The second kappa shape index (κ2) is 7.03. The molecule has 0 radical (unpaired) electrons. The summed E-state index contributed by atoms with van der Waals surface area (Å²) in [5, 5.41) is 14.1. The van der Waals surface area contributed by atoms with Gasteiger partial charge in [0.05, 0.1) is 10.8 Å². The van der Waals surface area contributed by atoms with Gasteiger partial charge in [-0.3, -0.25) is 4.79 Å². The average Bonchev–Trinajstić information content (AvgIpc) is 2.58. The van der Waals surface area contributed by atoms with Gasteiger partial charge >= 0.3 is 0 Å². The lowest BCUT2D eigenvalue weighted by molar-refractivity contribution is 0.105. The van der Waals surface area contributed by atoms with Crippen molar-refractivity contribution in [1.29, 1.82) is 0 Å². The second-order valence-electron chi connectivity index (χ2n) is 6.11. The first kappa shape index (κ1) is 16.5. The Morgan fingerprint density at radius 1 is 1.12 bits per heavy atom. The Labute approximate surface area is 139 Å². The molecule has 3 aromatic rings. The number of rotatable bonds is 6. The van der Waals surface area contributed by atoms with Crippen molar-refractivity contribution >= 4 is 21.9 Å². The van der Waals surface area contributed by atoms with E-state index in [-0.39, 0.29) is 12.0 Å². The quantitative estimate of drug-likeness (QED) is 0.681. The van der Waals surface area contributed by atoms with E-state index in [1.165, 1.54) is 0 Å². The van der Waals surface area contributed by atoms with Gasteiger partial charge in [0.2, 0.25) is 5.43 Å². The number of ether oxygens (including phenoxy) is 1. The van der Waals surface area contributed by atoms with E-state index in [1.807, 2.05) is 26.0 Å². The summed E-state index contributed by atoms with van der Waals surface area (Å²) in [7, 11) is 0. The van der Waals surface area contributed by atoms with Gasteiger partial charge in [-0.1, -0.05) is 26.0 Å². The van der Waals surface area contributed by atoms with E-state index in [9.17, 15) is 9.90 Å². The monoisotopic (exact) mass is 327 g/mol. The molecule has 0 saturated carbocycles. The van der Waals surface area contributed by atoms with E-state index in [2.05, 4.69) is 5.32 Å². The molecule has 0 unspecified atom stereocenters. The summed E-state index contributed by atoms with van der Waals surface area (Å²) in [5.74, 6) is 0.536. The highest BCUT2D eigenvalue weighted by molar-refractivity contribution is 5.90. The molecular formula is C19H21NO4. The van der Waals surface area contributed by atoms with Crippen molar-refractivity contribution in [3.05, 3.63) is 52.7 Å². The largest absolute Gasteiger partial charge is 0.491 e. The van der Waals surface area contributed by atoms with Crippen molar-refractivity contribution < 1.29 is 14.3 Å². The first-order valence-electron chi connectivity index (χ1n) is 8.04. The number of hydrogen-bond donors (Lipinski definition) is 2. The number of benzene rings is 2. The first-order chi connectivity index (χ1) is 11.5. The lowest BCUT2D eigenvalue weighted by Crippen LogP contribution is -2.35. The van der Waals surface area contributed by atoms with Gasteiger partial charge in [0.25, 0.3) is 0 Å². The number of aliphatic hydroxyl groups excluding tert-OH is 1. The maximum Gasteiger partial charge on any atom is 0.200 e. The minimum Gasteiger partial charge on any atom is -0.491 e. The molecule has 0 saturated heterocycles. The van der Waals surface area contributed by atoms with Crippen LogP contribution in [0.4, 0.5) is 0 Å². The fourth-order valence-corrected chi connectivity index (χ4v) is 2.50. The zero-order valence-electron chi connectivity index (χ0n) is 13.8. The molecule has 24 heavy (non-hydrogen) atoms. The summed E-state index contributed by atoms with van der Waals surface area (Å²) in [4.78, 5) is 12.6. The smallest absolute Gasteiger partial charge is 0.200 e. The number of nitrogens with one attached hydrogen (secondary N) is 1. The van der Waals surface area contributed by atoms with E-state index in [1.54, 1.807) is 30.3 Å². The van der Waals surface area contributed by atoms with Crippen LogP contribution in [0.1, 0.15) is 13.8 Å². The molecule has 0 aliphatic heterocycles. The number of fused-ring (bicyclic) bond motifs is 2. The summed E-state index contributed by atoms with van der Waals surface area (Å²) in [6.07, 6.45) is -0.615. The van der Waals surface area contributed by atoms with Crippen LogP contribution in [-0.2, 0) is 0 Å². The lowest BCUT2D eigenvalue weighted by Gasteiger charge is -2.15. The van der Waals surface area contributed by atoms with Gasteiger partial charge in [-0.25, -0.2) is 0 Å². The minimum atomic E-state index is -0.615. The maximum atomic E-state index is 12.6. The highest BCUT2D eigenvalue weighted by Gasteiger charge is 2.10. The van der Waals surface area contributed by atoms with Crippen LogP contribution >= 0.6 is 0 Å². The van der Waals surface area contributed by atoms with Gasteiger partial charge in [-0.2, -0.15) is 0 Å². The summed E-state index contributed by atoms with van der Waals surface area (Å²) in [5.41, 5.74) is 1.01. The van der Waals surface area contributed by atoms with Crippen molar-refractivity contribution in [2.45, 2.75) is 26.0 Å². The van der Waals surface area contributed by atoms with Crippen molar-refractivity contribution in [2.75, 3.05) is 13.2 Å². The maximum absolute atomic E-state index is 12.6. The molecule has 0 aliphatic rings. The fraction of sp³-hybridized carbons (Fsp3) is 0.316. The highest BCUT2D eigenvalue weighted by Crippen LogP contribution is 2.22. The van der Waals surface area contributed by atoms with E-state index in [0.29, 0.717) is 40.3 Å². The van der Waals surface area contributed by atoms with Crippen LogP contribution in [0.5, 0.6) is 5.75 Å². The Morgan fingerprint density at radius 3 is 2.67 bits per heavy atom. The van der Waals surface area contributed by atoms with E-state index < -0.39 is 6.10 Å².